The van der Waals surface area contributed by atoms with Crippen LogP contribution < -0.4 is 9.64 Å². The molecule has 1 aliphatic heterocycles. The van der Waals surface area contributed by atoms with Gasteiger partial charge in [-0.25, -0.2) is 9.67 Å². The van der Waals surface area contributed by atoms with Crippen molar-refractivity contribution in [1.29, 1.82) is 0 Å². The van der Waals surface area contributed by atoms with Crippen LogP contribution in [0.15, 0.2) is 24.3 Å². The fourth-order valence-electron chi connectivity index (χ4n) is 2.51. The smallest absolute Gasteiger partial charge is 0.175 e. The van der Waals surface area contributed by atoms with E-state index in [-0.39, 0.29) is 12.7 Å². The Morgan fingerprint density at radius 1 is 1.40 bits per heavy atom. The lowest BCUT2D eigenvalue weighted by Crippen LogP contribution is -2.34. The lowest BCUT2D eigenvalue weighted by atomic mass is 10.2. The van der Waals surface area contributed by atoms with E-state index >= 15 is 0 Å². The van der Waals surface area contributed by atoms with Gasteiger partial charge in [-0.05, 0) is 19.1 Å². The third-order valence-electron chi connectivity index (χ3n) is 3.39. The van der Waals surface area contributed by atoms with Crippen molar-refractivity contribution in [1.82, 2.24) is 14.8 Å². The number of aryl methyl sites for hydroxylation is 1. The van der Waals surface area contributed by atoms with E-state index in [0.29, 0.717) is 18.9 Å². The van der Waals surface area contributed by atoms with E-state index in [9.17, 15) is 0 Å². The van der Waals surface area contributed by atoms with E-state index in [1.54, 1.807) is 4.68 Å². The first-order valence-electron chi connectivity index (χ1n) is 6.68. The number of benzene rings is 1. The zero-order valence-corrected chi connectivity index (χ0v) is 11.7. The fraction of sp³-hybridized carbons (Fsp3) is 0.429. The van der Waals surface area contributed by atoms with Gasteiger partial charge in [-0.1, -0.05) is 12.1 Å². The third-order valence-corrected chi connectivity index (χ3v) is 3.39. The molecule has 1 N–H and O–H groups in total. The number of hydrogen-bond acceptors (Lipinski definition) is 5. The average molecular weight is 274 g/mol. The lowest BCUT2D eigenvalue weighted by molar-refractivity contribution is 0.178. The van der Waals surface area contributed by atoms with Crippen LogP contribution in [0.1, 0.15) is 17.8 Å². The van der Waals surface area contributed by atoms with Gasteiger partial charge in [0.2, 0.25) is 0 Å². The van der Waals surface area contributed by atoms with Gasteiger partial charge in [0.05, 0.1) is 25.4 Å². The van der Waals surface area contributed by atoms with E-state index in [1.807, 2.05) is 38.2 Å². The Bertz CT molecular complexity index is 611. The molecule has 0 saturated heterocycles. The molecule has 2 heterocycles. The SMILES string of the molecule is Cc1nc([C@@H]2CN(C)c3ccccc3O2)n(CCO)n1. The van der Waals surface area contributed by atoms with Crippen molar-refractivity contribution in [2.45, 2.75) is 19.6 Å². The average Bonchev–Trinajstić information content (AvgIpc) is 2.80. The van der Waals surface area contributed by atoms with Gasteiger partial charge in [0.15, 0.2) is 11.9 Å². The molecule has 0 saturated carbocycles. The summed E-state index contributed by atoms with van der Waals surface area (Å²) in [4.78, 5) is 6.60. The van der Waals surface area contributed by atoms with E-state index in [4.69, 9.17) is 9.84 Å². The Morgan fingerprint density at radius 2 is 2.20 bits per heavy atom. The molecule has 20 heavy (non-hydrogen) atoms. The van der Waals surface area contributed by atoms with Crippen LogP contribution in [0.2, 0.25) is 0 Å². The van der Waals surface area contributed by atoms with Gasteiger partial charge in [0.25, 0.3) is 0 Å². The number of rotatable bonds is 3. The second kappa shape index (κ2) is 5.13. The molecule has 0 unspecified atom stereocenters. The van der Waals surface area contributed by atoms with Gasteiger partial charge in [0.1, 0.15) is 11.6 Å². The number of hydrogen-bond donors (Lipinski definition) is 1. The Morgan fingerprint density at radius 3 is 3.00 bits per heavy atom. The van der Waals surface area contributed by atoms with Gasteiger partial charge in [-0.2, -0.15) is 5.10 Å². The maximum absolute atomic E-state index is 9.12. The molecule has 1 aliphatic rings. The van der Waals surface area contributed by atoms with Crippen LogP contribution in [0.4, 0.5) is 5.69 Å². The van der Waals surface area contributed by atoms with Crippen molar-refractivity contribution in [3.8, 4) is 5.75 Å². The maximum Gasteiger partial charge on any atom is 0.175 e. The number of fused-ring (bicyclic) bond motifs is 1. The Balaban J connectivity index is 1.93. The number of aliphatic hydroxyl groups excluding tert-OH is 1. The van der Waals surface area contributed by atoms with Crippen LogP contribution in [-0.4, -0.2) is 40.1 Å². The van der Waals surface area contributed by atoms with Crippen LogP contribution in [0, 0.1) is 6.92 Å². The number of anilines is 1. The first-order chi connectivity index (χ1) is 9.69. The predicted molar refractivity (Wildman–Crippen MR) is 74.9 cm³/mol. The quantitative estimate of drug-likeness (QED) is 0.909. The van der Waals surface area contributed by atoms with Crippen molar-refractivity contribution in [2.75, 3.05) is 25.1 Å². The van der Waals surface area contributed by atoms with Gasteiger partial charge >= 0.3 is 0 Å². The second-order valence-electron chi connectivity index (χ2n) is 4.92. The highest BCUT2D eigenvalue weighted by molar-refractivity contribution is 5.59. The van der Waals surface area contributed by atoms with E-state index in [2.05, 4.69) is 15.0 Å². The van der Waals surface area contributed by atoms with Gasteiger partial charge < -0.3 is 14.7 Å². The molecule has 0 bridgehead atoms. The number of likely N-dealkylation sites (N-methyl/N-ethyl adjacent to an activating group) is 1. The molecular weight excluding hydrogens is 256 g/mol. The Kier molecular flexibility index (Phi) is 3.31. The summed E-state index contributed by atoms with van der Waals surface area (Å²) in [6.07, 6.45) is -0.178. The van der Waals surface area contributed by atoms with Crippen LogP contribution >= 0.6 is 0 Å². The molecule has 0 radical (unpaired) electrons. The molecule has 0 aliphatic carbocycles. The summed E-state index contributed by atoms with van der Waals surface area (Å²) in [5, 5.41) is 13.4. The van der Waals surface area contributed by atoms with Crippen LogP contribution in [0.3, 0.4) is 0 Å². The summed E-state index contributed by atoms with van der Waals surface area (Å²) in [6.45, 7) is 3.02. The molecule has 106 valence electrons. The zero-order chi connectivity index (χ0) is 14.1. The first kappa shape index (κ1) is 12.9. The molecule has 1 aromatic carbocycles. The lowest BCUT2D eigenvalue weighted by Gasteiger charge is -2.33. The summed E-state index contributed by atoms with van der Waals surface area (Å²) in [6, 6.07) is 7.95. The minimum absolute atomic E-state index is 0.0367. The number of nitrogens with zero attached hydrogens (tertiary/aromatic N) is 4. The van der Waals surface area contributed by atoms with Crippen LogP contribution in [-0.2, 0) is 6.54 Å². The standard InChI is InChI=1S/C14H18N4O2/c1-10-15-14(18(16-10)7-8-19)13-9-17(2)11-5-3-4-6-12(11)20-13/h3-6,13,19H,7-9H2,1-2H3/t13-/m0/s1. The van der Waals surface area contributed by atoms with Crippen molar-refractivity contribution < 1.29 is 9.84 Å². The number of aliphatic hydroxyl groups is 1. The van der Waals surface area contributed by atoms with E-state index in [1.165, 1.54) is 0 Å². The molecule has 0 spiro atoms. The Hall–Kier alpha value is -2.08. The molecule has 6 heteroatoms. The highest BCUT2D eigenvalue weighted by atomic mass is 16.5. The Labute approximate surface area is 117 Å². The molecule has 6 nitrogen and oxygen atoms in total. The molecule has 1 atom stereocenters. The number of aromatic nitrogens is 3. The minimum Gasteiger partial charge on any atom is -0.478 e. The summed E-state index contributed by atoms with van der Waals surface area (Å²) in [5.74, 6) is 2.30. The largest absolute Gasteiger partial charge is 0.478 e. The molecule has 0 amide bonds. The fourth-order valence-corrected chi connectivity index (χ4v) is 2.51. The molecule has 3 rings (SSSR count). The third kappa shape index (κ3) is 2.22. The van der Waals surface area contributed by atoms with Crippen LogP contribution in [0.25, 0.3) is 0 Å². The summed E-state index contributed by atoms with van der Waals surface area (Å²) < 4.78 is 7.77. The van der Waals surface area contributed by atoms with Gasteiger partial charge in [-0.15, -0.1) is 0 Å². The van der Waals surface area contributed by atoms with Crippen molar-refractivity contribution >= 4 is 5.69 Å². The van der Waals surface area contributed by atoms with Crippen molar-refractivity contribution in [2.24, 2.45) is 0 Å². The topological polar surface area (TPSA) is 63.4 Å². The highest BCUT2D eigenvalue weighted by Gasteiger charge is 2.28. The van der Waals surface area contributed by atoms with Gasteiger partial charge in [0, 0.05) is 7.05 Å². The molecular formula is C14H18N4O2. The summed E-state index contributed by atoms with van der Waals surface area (Å²) >= 11 is 0. The molecule has 0 fully saturated rings. The molecule has 1 aromatic heterocycles. The zero-order valence-electron chi connectivity index (χ0n) is 11.7. The summed E-state index contributed by atoms with van der Waals surface area (Å²) in [7, 11) is 2.04. The van der Waals surface area contributed by atoms with Crippen molar-refractivity contribution in [3.05, 3.63) is 35.9 Å². The predicted octanol–water partition coefficient (Wildman–Crippen LogP) is 1.15. The van der Waals surface area contributed by atoms with Crippen LogP contribution in [0.5, 0.6) is 5.75 Å². The second-order valence-corrected chi connectivity index (χ2v) is 4.92. The first-order valence-corrected chi connectivity index (χ1v) is 6.68. The minimum atomic E-state index is -0.178. The number of ether oxygens (including phenoxy) is 1. The highest BCUT2D eigenvalue weighted by Crippen LogP contribution is 2.36. The van der Waals surface area contributed by atoms with E-state index < -0.39 is 0 Å². The van der Waals surface area contributed by atoms with E-state index in [0.717, 1.165) is 17.3 Å². The van der Waals surface area contributed by atoms with Crippen molar-refractivity contribution in [3.63, 3.8) is 0 Å². The van der Waals surface area contributed by atoms with Gasteiger partial charge in [-0.3, -0.25) is 0 Å². The monoisotopic (exact) mass is 274 g/mol. The normalized spacial score (nSPS) is 17.8. The number of para-hydroxylation sites is 2. The maximum atomic E-state index is 9.12. The molecule has 2 aromatic rings. The summed E-state index contributed by atoms with van der Waals surface area (Å²) in [5.41, 5.74) is 1.08.